The van der Waals surface area contributed by atoms with Crippen molar-refractivity contribution < 1.29 is 32.7 Å². The van der Waals surface area contributed by atoms with Crippen LogP contribution in [0.4, 0.5) is 0 Å². The molecule has 0 bridgehead atoms. The van der Waals surface area contributed by atoms with Gasteiger partial charge in [-0.2, -0.15) is 18.1 Å². The third kappa shape index (κ3) is 1.81. The molecule has 0 aromatic carbocycles. The first-order chi connectivity index (χ1) is 4.86. The number of hydrogen-bond donors (Lipinski definition) is 1. The standard InChI is InChI=1S/C8H9N2.Y/c9-7-4-6-2-1-3-10-8(6)5-7;/h1-4,7H,5,9H2;/q-1;/t7-;/m0./s1. The van der Waals surface area contributed by atoms with Crippen LogP contribution in [0.2, 0.25) is 0 Å². The summed E-state index contributed by atoms with van der Waals surface area (Å²) in [4.78, 5) is 4.20. The molecule has 0 aliphatic heterocycles. The van der Waals surface area contributed by atoms with Gasteiger partial charge in [-0.3, -0.25) is 0 Å². The molecule has 2 rings (SSSR count). The Labute approximate surface area is 91.5 Å². The summed E-state index contributed by atoms with van der Waals surface area (Å²) in [5.74, 6) is 0. The van der Waals surface area contributed by atoms with Crippen LogP contribution in [-0.2, 0) is 39.1 Å². The fourth-order valence-corrected chi connectivity index (χ4v) is 1.29. The molecule has 11 heavy (non-hydrogen) atoms. The third-order valence-electron chi connectivity index (χ3n) is 1.75. The van der Waals surface area contributed by atoms with Gasteiger partial charge in [-0.1, -0.05) is 5.69 Å². The summed E-state index contributed by atoms with van der Waals surface area (Å²) in [6.45, 7) is 0. The predicted molar refractivity (Wildman–Crippen MR) is 39.3 cm³/mol. The first-order valence-corrected chi connectivity index (χ1v) is 3.40. The molecule has 55 valence electrons. The Morgan fingerprint density at radius 3 is 3.18 bits per heavy atom. The fourth-order valence-electron chi connectivity index (χ4n) is 1.29. The van der Waals surface area contributed by atoms with Gasteiger partial charge in [0.15, 0.2) is 0 Å². The Bertz CT molecular complexity index is 225. The van der Waals surface area contributed by atoms with E-state index in [2.05, 4.69) is 17.5 Å². The quantitative estimate of drug-likeness (QED) is 0.650. The second-order valence-corrected chi connectivity index (χ2v) is 2.57. The number of aromatic nitrogens is 1. The number of pyridine rings is 1. The smallest absolute Gasteiger partial charge is 0 e. The Hall–Kier alpha value is 0.0839. The molecule has 2 nitrogen and oxygen atoms in total. The summed E-state index contributed by atoms with van der Waals surface area (Å²) >= 11 is 0. The van der Waals surface area contributed by atoms with Gasteiger partial charge in [0.25, 0.3) is 0 Å². The normalized spacial score (nSPS) is 19.9. The summed E-state index contributed by atoms with van der Waals surface area (Å²) in [5, 5.41) is 0. The van der Waals surface area contributed by atoms with Crippen molar-refractivity contribution in [3.05, 3.63) is 36.0 Å². The third-order valence-corrected chi connectivity index (χ3v) is 1.75. The first-order valence-electron chi connectivity index (χ1n) is 3.40. The average molecular weight is 222 g/mol. The van der Waals surface area contributed by atoms with E-state index in [9.17, 15) is 0 Å². The van der Waals surface area contributed by atoms with Crippen molar-refractivity contribution in [1.82, 2.24) is 4.98 Å². The van der Waals surface area contributed by atoms with Crippen LogP contribution in [0.1, 0.15) is 11.3 Å². The van der Waals surface area contributed by atoms with Crippen molar-refractivity contribution in [2.45, 2.75) is 12.5 Å². The monoisotopic (exact) mass is 222 g/mol. The maximum absolute atomic E-state index is 5.69. The predicted octanol–water partition coefficient (Wildman–Crippen LogP) is 0.515. The molecule has 1 aliphatic carbocycles. The largest absolute Gasteiger partial charge is 0.335 e. The summed E-state index contributed by atoms with van der Waals surface area (Å²) < 4.78 is 0. The minimum Gasteiger partial charge on any atom is -0.335 e. The van der Waals surface area contributed by atoms with E-state index in [1.54, 1.807) is 0 Å². The van der Waals surface area contributed by atoms with E-state index < -0.39 is 0 Å². The van der Waals surface area contributed by atoms with Crippen molar-refractivity contribution in [2.24, 2.45) is 5.73 Å². The molecule has 1 heterocycles. The Balaban J connectivity index is 0.000000605. The average Bonchev–Trinajstić information content (AvgIpc) is 2.27. The van der Waals surface area contributed by atoms with Crippen LogP contribution in [0, 0.1) is 6.42 Å². The fraction of sp³-hybridized carbons (Fsp3) is 0.250. The van der Waals surface area contributed by atoms with Crippen molar-refractivity contribution in [3.63, 3.8) is 0 Å². The second kappa shape index (κ2) is 3.66. The molecule has 0 amide bonds. The van der Waals surface area contributed by atoms with Gasteiger partial charge < -0.3 is 10.7 Å². The summed E-state index contributed by atoms with van der Waals surface area (Å²) in [6.07, 6.45) is 4.77. The molecule has 0 saturated heterocycles. The Morgan fingerprint density at radius 1 is 1.64 bits per heavy atom. The van der Waals surface area contributed by atoms with E-state index in [0.717, 1.165) is 12.1 Å². The number of hydrogen-bond acceptors (Lipinski definition) is 2. The van der Waals surface area contributed by atoms with Gasteiger partial charge in [-0.05, 0) is 18.7 Å². The maximum atomic E-state index is 5.69. The van der Waals surface area contributed by atoms with Crippen molar-refractivity contribution in [1.29, 1.82) is 0 Å². The zero-order valence-electron chi connectivity index (χ0n) is 6.20. The summed E-state index contributed by atoms with van der Waals surface area (Å²) in [5.41, 5.74) is 8.03. The van der Waals surface area contributed by atoms with E-state index in [4.69, 9.17) is 5.73 Å². The molecule has 1 aromatic rings. The van der Waals surface area contributed by atoms with Gasteiger partial charge in [0.1, 0.15) is 0 Å². The zero-order valence-corrected chi connectivity index (χ0v) is 9.03. The van der Waals surface area contributed by atoms with Crippen molar-refractivity contribution >= 4 is 0 Å². The van der Waals surface area contributed by atoms with E-state index in [0.29, 0.717) is 0 Å². The molecule has 2 N–H and O–H groups in total. The second-order valence-electron chi connectivity index (χ2n) is 2.57. The number of fused-ring (bicyclic) bond motifs is 1. The molecule has 1 atom stereocenters. The van der Waals surface area contributed by atoms with E-state index in [-0.39, 0.29) is 38.8 Å². The van der Waals surface area contributed by atoms with Crippen LogP contribution in [0.25, 0.3) is 0 Å². The van der Waals surface area contributed by atoms with Gasteiger partial charge in [0.05, 0.1) is 0 Å². The number of nitrogens with two attached hydrogens (primary N) is 1. The van der Waals surface area contributed by atoms with Crippen molar-refractivity contribution in [3.8, 4) is 0 Å². The Morgan fingerprint density at radius 2 is 2.45 bits per heavy atom. The first kappa shape index (κ1) is 9.17. The molecule has 1 aromatic heterocycles. The molecule has 3 heteroatoms. The van der Waals surface area contributed by atoms with Crippen LogP contribution in [0.3, 0.4) is 0 Å². The van der Waals surface area contributed by atoms with Crippen LogP contribution in [0.15, 0.2) is 18.3 Å². The van der Waals surface area contributed by atoms with Crippen LogP contribution >= 0.6 is 0 Å². The molecular formula is C8H9N2Y-. The van der Waals surface area contributed by atoms with Gasteiger partial charge >= 0.3 is 0 Å². The summed E-state index contributed by atoms with van der Waals surface area (Å²) in [6, 6.07) is 4.17. The van der Waals surface area contributed by atoms with Crippen LogP contribution in [0.5, 0.6) is 0 Å². The molecule has 0 fully saturated rings. The maximum Gasteiger partial charge on any atom is 0 e. The molecule has 1 radical (unpaired) electrons. The van der Waals surface area contributed by atoms with E-state index >= 15 is 0 Å². The van der Waals surface area contributed by atoms with Gasteiger partial charge in [-0.15, -0.1) is 6.07 Å². The molecule has 1 aliphatic rings. The molecule has 0 saturated carbocycles. The molecule has 0 spiro atoms. The number of nitrogens with zero attached hydrogens (tertiary/aromatic N) is 1. The van der Waals surface area contributed by atoms with Gasteiger partial charge in [0.2, 0.25) is 0 Å². The van der Waals surface area contributed by atoms with Gasteiger partial charge in [0, 0.05) is 32.7 Å². The zero-order chi connectivity index (χ0) is 6.97. The van der Waals surface area contributed by atoms with Crippen LogP contribution < -0.4 is 5.73 Å². The van der Waals surface area contributed by atoms with E-state index in [1.807, 2.05) is 12.3 Å². The molecule has 0 unspecified atom stereocenters. The van der Waals surface area contributed by atoms with Gasteiger partial charge in [-0.25, -0.2) is 0 Å². The Kier molecular flexibility index (Phi) is 3.05. The summed E-state index contributed by atoms with van der Waals surface area (Å²) in [7, 11) is 0. The SMILES string of the molecule is N[C@H]1[CH-]c2cccnc2C1.[Y]. The van der Waals surface area contributed by atoms with Crippen LogP contribution in [-0.4, -0.2) is 11.0 Å². The number of rotatable bonds is 0. The van der Waals surface area contributed by atoms with Crippen molar-refractivity contribution in [2.75, 3.05) is 0 Å². The van der Waals surface area contributed by atoms with E-state index in [1.165, 1.54) is 5.56 Å². The topological polar surface area (TPSA) is 38.9 Å². The minimum atomic E-state index is 0. The molecular weight excluding hydrogens is 213 g/mol. The minimum absolute atomic E-state index is 0.